The Kier molecular flexibility index (Phi) is 5.40. The third-order valence-electron chi connectivity index (χ3n) is 4.24. The van der Waals surface area contributed by atoms with Crippen molar-refractivity contribution in [1.82, 2.24) is 25.0 Å². The number of aromatic carboxylic acids is 1. The summed E-state index contributed by atoms with van der Waals surface area (Å²) in [6, 6.07) is 12.9. The molecule has 0 aliphatic carbocycles. The number of carboxylic acid groups (broad SMARTS) is 1. The van der Waals surface area contributed by atoms with Crippen molar-refractivity contribution in [3.05, 3.63) is 87.0 Å². The maximum atomic E-state index is 12.0. The molecule has 0 aliphatic rings. The van der Waals surface area contributed by atoms with Crippen LogP contribution >= 0.6 is 15.9 Å². The van der Waals surface area contributed by atoms with Gasteiger partial charge in [0, 0.05) is 16.2 Å². The number of nitrogens with one attached hydrogen (secondary N) is 1. The number of carbonyl (C=O) groups is 1. The molecule has 30 heavy (non-hydrogen) atoms. The molecule has 2 N–H and O–H groups in total. The number of aromatic nitrogens is 5. The van der Waals surface area contributed by atoms with E-state index in [-0.39, 0.29) is 5.82 Å². The maximum absolute atomic E-state index is 12.0. The van der Waals surface area contributed by atoms with E-state index in [9.17, 15) is 9.59 Å². The molecule has 0 saturated heterocycles. The first-order valence-electron chi connectivity index (χ1n) is 8.72. The third-order valence-corrected chi connectivity index (χ3v) is 4.77. The SMILES string of the molecule is O=C(O)c1cnc(-c2ccc(OCc3ccc(Br)cc3)c(-n3ccnn3)c2)[nH]c1=O. The lowest BCUT2D eigenvalue weighted by atomic mass is 10.1. The predicted octanol–water partition coefficient (Wildman–Crippen LogP) is 3.06. The minimum Gasteiger partial charge on any atom is -0.487 e. The lowest BCUT2D eigenvalue weighted by Crippen LogP contribution is -2.18. The number of hydrogen-bond donors (Lipinski definition) is 2. The average molecular weight is 468 g/mol. The standard InChI is InChI=1S/C20H14BrN5O4/c21-14-4-1-12(2-5-14)11-30-17-6-3-13(9-16(17)26-8-7-23-25-26)18-22-10-15(20(28)29)19(27)24-18/h1-10H,11H2,(H,28,29)(H,22,24,27). The maximum Gasteiger partial charge on any atom is 0.342 e. The fourth-order valence-corrected chi connectivity index (χ4v) is 3.00. The van der Waals surface area contributed by atoms with E-state index in [0.29, 0.717) is 23.6 Å². The number of rotatable bonds is 6. The number of benzene rings is 2. The van der Waals surface area contributed by atoms with Gasteiger partial charge >= 0.3 is 5.97 Å². The fourth-order valence-electron chi connectivity index (χ4n) is 2.74. The van der Waals surface area contributed by atoms with E-state index in [4.69, 9.17) is 9.84 Å². The number of aromatic amines is 1. The van der Waals surface area contributed by atoms with E-state index in [2.05, 4.69) is 36.2 Å². The van der Waals surface area contributed by atoms with Crippen molar-refractivity contribution in [2.45, 2.75) is 6.61 Å². The van der Waals surface area contributed by atoms with Gasteiger partial charge in [0.05, 0.1) is 12.4 Å². The second-order valence-corrected chi connectivity index (χ2v) is 7.14. The molecule has 0 atom stereocenters. The van der Waals surface area contributed by atoms with Crippen molar-refractivity contribution in [2.24, 2.45) is 0 Å². The Labute approximate surface area is 178 Å². The largest absolute Gasteiger partial charge is 0.487 e. The zero-order valence-electron chi connectivity index (χ0n) is 15.3. The highest BCUT2D eigenvalue weighted by atomic mass is 79.9. The van der Waals surface area contributed by atoms with E-state index < -0.39 is 17.1 Å². The first-order chi connectivity index (χ1) is 14.5. The lowest BCUT2D eigenvalue weighted by molar-refractivity contribution is 0.0694. The molecule has 0 bridgehead atoms. The van der Waals surface area contributed by atoms with Crippen molar-refractivity contribution in [3.8, 4) is 22.8 Å². The molecule has 0 saturated carbocycles. The number of nitrogens with zero attached hydrogens (tertiary/aromatic N) is 4. The minimum absolute atomic E-state index is 0.228. The topological polar surface area (TPSA) is 123 Å². The Hall–Kier alpha value is -3.79. The molecule has 2 aromatic carbocycles. The van der Waals surface area contributed by atoms with E-state index in [1.54, 1.807) is 24.4 Å². The zero-order chi connectivity index (χ0) is 21.1. The summed E-state index contributed by atoms with van der Waals surface area (Å²) in [5.41, 5.74) is 0.981. The summed E-state index contributed by atoms with van der Waals surface area (Å²) in [5, 5.41) is 16.8. The Bertz CT molecular complexity index is 1250. The van der Waals surface area contributed by atoms with Gasteiger partial charge < -0.3 is 14.8 Å². The molecule has 2 heterocycles. The molecule has 150 valence electrons. The van der Waals surface area contributed by atoms with Crippen LogP contribution in [0.3, 0.4) is 0 Å². The van der Waals surface area contributed by atoms with Crippen LogP contribution in [0.1, 0.15) is 15.9 Å². The smallest absolute Gasteiger partial charge is 0.342 e. The van der Waals surface area contributed by atoms with Gasteiger partial charge in [-0.25, -0.2) is 14.5 Å². The van der Waals surface area contributed by atoms with Crippen LogP contribution in [0, 0.1) is 0 Å². The quantitative estimate of drug-likeness (QED) is 0.446. The lowest BCUT2D eigenvalue weighted by Gasteiger charge is -2.13. The molecule has 2 aromatic heterocycles. The molecular weight excluding hydrogens is 454 g/mol. The molecule has 0 spiro atoms. The van der Waals surface area contributed by atoms with Crippen LogP contribution < -0.4 is 10.3 Å². The van der Waals surface area contributed by atoms with Crippen molar-refractivity contribution < 1.29 is 14.6 Å². The normalized spacial score (nSPS) is 10.7. The third kappa shape index (κ3) is 4.13. The molecule has 4 aromatic rings. The van der Waals surface area contributed by atoms with Gasteiger partial charge in [-0.1, -0.05) is 33.3 Å². The summed E-state index contributed by atoms with van der Waals surface area (Å²) in [6.45, 7) is 0.344. The Morgan fingerprint density at radius 2 is 2.00 bits per heavy atom. The van der Waals surface area contributed by atoms with Crippen molar-refractivity contribution in [2.75, 3.05) is 0 Å². The molecule has 0 radical (unpaired) electrons. The van der Waals surface area contributed by atoms with E-state index >= 15 is 0 Å². The van der Waals surface area contributed by atoms with Gasteiger partial charge in [0.1, 0.15) is 29.4 Å². The van der Waals surface area contributed by atoms with Crippen LogP contribution in [-0.4, -0.2) is 36.0 Å². The van der Waals surface area contributed by atoms with Crippen LogP contribution in [0.5, 0.6) is 5.75 Å². The summed E-state index contributed by atoms with van der Waals surface area (Å²) < 4.78 is 8.49. The molecule has 9 nitrogen and oxygen atoms in total. The highest BCUT2D eigenvalue weighted by molar-refractivity contribution is 9.10. The molecule has 10 heteroatoms. The fraction of sp³-hybridized carbons (Fsp3) is 0.0500. The summed E-state index contributed by atoms with van der Waals surface area (Å²) >= 11 is 3.40. The highest BCUT2D eigenvalue weighted by Crippen LogP contribution is 2.28. The van der Waals surface area contributed by atoms with E-state index in [1.165, 1.54) is 10.9 Å². The van der Waals surface area contributed by atoms with Crippen LogP contribution in [0.2, 0.25) is 0 Å². The molecular formula is C20H14BrN5O4. The Morgan fingerprint density at radius 3 is 2.67 bits per heavy atom. The van der Waals surface area contributed by atoms with Gasteiger partial charge in [-0.05, 0) is 35.9 Å². The van der Waals surface area contributed by atoms with Crippen LogP contribution in [-0.2, 0) is 6.61 Å². The first kappa shape index (κ1) is 19.5. The minimum atomic E-state index is -1.34. The number of carboxylic acids is 1. The Balaban J connectivity index is 1.69. The van der Waals surface area contributed by atoms with Gasteiger partial charge in [-0.3, -0.25) is 4.79 Å². The predicted molar refractivity (Wildman–Crippen MR) is 111 cm³/mol. The van der Waals surface area contributed by atoms with E-state index in [0.717, 1.165) is 16.2 Å². The second-order valence-electron chi connectivity index (χ2n) is 6.23. The van der Waals surface area contributed by atoms with Gasteiger partial charge in [-0.15, -0.1) is 5.10 Å². The zero-order valence-corrected chi connectivity index (χ0v) is 16.9. The van der Waals surface area contributed by atoms with Gasteiger partial charge in [0.15, 0.2) is 0 Å². The van der Waals surface area contributed by atoms with E-state index in [1.807, 2.05) is 24.3 Å². The Morgan fingerprint density at radius 1 is 1.20 bits per heavy atom. The molecule has 4 rings (SSSR count). The van der Waals surface area contributed by atoms with Crippen molar-refractivity contribution >= 4 is 21.9 Å². The van der Waals surface area contributed by atoms with Crippen molar-refractivity contribution in [3.63, 3.8) is 0 Å². The monoisotopic (exact) mass is 467 g/mol. The second kappa shape index (κ2) is 8.29. The average Bonchev–Trinajstić information content (AvgIpc) is 3.28. The summed E-state index contributed by atoms with van der Waals surface area (Å²) in [6.07, 6.45) is 4.23. The molecule has 0 aliphatic heterocycles. The molecule has 0 amide bonds. The summed E-state index contributed by atoms with van der Waals surface area (Å²) in [5.74, 6) is -0.558. The van der Waals surface area contributed by atoms with Gasteiger partial charge in [-0.2, -0.15) is 0 Å². The number of ether oxygens (including phenoxy) is 1. The van der Waals surface area contributed by atoms with Crippen LogP contribution in [0.15, 0.2) is 70.3 Å². The molecule has 0 fully saturated rings. The van der Waals surface area contributed by atoms with Gasteiger partial charge in [0.2, 0.25) is 0 Å². The van der Waals surface area contributed by atoms with Crippen molar-refractivity contribution in [1.29, 1.82) is 0 Å². The number of H-pyrrole nitrogens is 1. The highest BCUT2D eigenvalue weighted by Gasteiger charge is 2.14. The van der Waals surface area contributed by atoms with Crippen LogP contribution in [0.25, 0.3) is 17.1 Å². The molecule has 0 unspecified atom stereocenters. The van der Waals surface area contributed by atoms with Crippen LogP contribution in [0.4, 0.5) is 0 Å². The number of hydrogen-bond acceptors (Lipinski definition) is 6. The number of halogens is 1. The summed E-state index contributed by atoms with van der Waals surface area (Å²) in [7, 11) is 0. The first-order valence-corrected chi connectivity index (χ1v) is 9.51. The van der Waals surface area contributed by atoms with Gasteiger partial charge in [0.25, 0.3) is 5.56 Å². The summed E-state index contributed by atoms with van der Waals surface area (Å²) in [4.78, 5) is 29.6.